The van der Waals surface area contributed by atoms with Gasteiger partial charge in [-0.3, -0.25) is 14.5 Å². The lowest BCUT2D eigenvalue weighted by atomic mass is 10.2. The summed E-state index contributed by atoms with van der Waals surface area (Å²) in [6.07, 6.45) is 0.0876. The van der Waals surface area contributed by atoms with Crippen LogP contribution in [0.4, 0.5) is 0 Å². The molecule has 2 amide bonds. The number of likely N-dealkylation sites (tertiary alicyclic amines) is 1. The maximum atomic E-state index is 12.5. The van der Waals surface area contributed by atoms with Gasteiger partial charge in [-0.2, -0.15) is 0 Å². The first-order valence-corrected chi connectivity index (χ1v) is 8.31. The number of hydrogen-bond donors (Lipinski definition) is 1. The van der Waals surface area contributed by atoms with Gasteiger partial charge in [-0.25, -0.2) is 4.79 Å². The lowest BCUT2D eigenvalue weighted by molar-refractivity contribution is -0.138. The molecule has 1 aliphatic rings. The SMILES string of the molecule is O=C(O)c1ccccc1SC1CC(=O)N(Cc2ccccc2)C1=O. The van der Waals surface area contributed by atoms with E-state index in [4.69, 9.17) is 0 Å². The van der Waals surface area contributed by atoms with Crippen molar-refractivity contribution in [3.8, 4) is 0 Å². The Labute approximate surface area is 143 Å². The van der Waals surface area contributed by atoms with Gasteiger partial charge in [-0.1, -0.05) is 42.5 Å². The molecule has 6 heteroatoms. The molecule has 5 nitrogen and oxygen atoms in total. The van der Waals surface area contributed by atoms with Crippen LogP contribution < -0.4 is 0 Å². The van der Waals surface area contributed by atoms with Crippen LogP contribution in [-0.2, 0) is 16.1 Å². The summed E-state index contributed by atoms with van der Waals surface area (Å²) in [6, 6.07) is 15.8. The van der Waals surface area contributed by atoms with Crippen molar-refractivity contribution in [1.82, 2.24) is 4.90 Å². The minimum atomic E-state index is -1.05. The van der Waals surface area contributed by atoms with E-state index in [1.54, 1.807) is 18.2 Å². The van der Waals surface area contributed by atoms with Gasteiger partial charge in [-0.15, -0.1) is 11.8 Å². The van der Waals surface area contributed by atoms with Gasteiger partial charge < -0.3 is 5.11 Å². The second-order valence-corrected chi connectivity index (χ2v) is 6.66. The molecule has 0 spiro atoms. The topological polar surface area (TPSA) is 74.7 Å². The molecule has 1 aliphatic heterocycles. The van der Waals surface area contributed by atoms with E-state index < -0.39 is 11.2 Å². The molecule has 24 heavy (non-hydrogen) atoms. The molecule has 1 heterocycles. The van der Waals surface area contributed by atoms with Crippen molar-refractivity contribution in [1.29, 1.82) is 0 Å². The van der Waals surface area contributed by atoms with Crippen LogP contribution in [0.5, 0.6) is 0 Å². The average molecular weight is 341 g/mol. The minimum Gasteiger partial charge on any atom is -0.478 e. The number of carbonyl (C=O) groups is 3. The summed E-state index contributed by atoms with van der Waals surface area (Å²) in [4.78, 5) is 37.7. The van der Waals surface area contributed by atoms with E-state index in [9.17, 15) is 19.5 Å². The van der Waals surface area contributed by atoms with Gasteiger partial charge in [-0.05, 0) is 17.7 Å². The largest absolute Gasteiger partial charge is 0.478 e. The Morgan fingerprint density at radius 2 is 1.75 bits per heavy atom. The van der Waals surface area contributed by atoms with Crippen LogP contribution in [0.15, 0.2) is 59.5 Å². The summed E-state index contributed by atoms with van der Waals surface area (Å²) >= 11 is 1.14. The van der Waals surface area contributed by atoms with Crippen LogP contribution in [0.2, 0.25) is 0 Å². The van der Waals surface area contributed by atoms with Crippen molar-refractivity contribution >= 4 is 29.5 Å². The van der Waals surface area contributed by atoms with E-state index in [1.807, 2.05) is 30.3 Å². The summed E-state index contributed by atoms with van der Waals surface area (Å²) in [6.45, 7) is 0.246. The molecule has 1 saturated heterocycles. The van der Waals surface area contributed by atoms with Gasteiger partial charge in [0, 0.05) is 11.3 Å². The number of benzene rings is 2. The Balaban J connectivity index is 1.76. The van der Waals surface area contributed by atoms with Gasteiger partial charge in [0.15, 0.2) is 0 Å². The van der Waals surface area contributed by atoms with Crippen LogP contribution in [0.3, 0.4) is 0 Å². The Bertz CT molecular complexity index is 791. The number of amides is 2. The summed E-state index contributed by atoms with van der Waals surface area (Å²) < 4.78 is 0. The zero-order valence-electron chi connectivity index (χ0n) is 12.7. The molecular formula is C18H15NO4S. The van der Waals surface area contributed by atoms with Crippen LogP contribution in [0.1, 0.15) is 22.3 Å². The Morgan fingerprint density at radius 3 is 2.46 bits per heavy atom. The number of nitrogens with zero attached hydrogens (tertiary/aromatic N) is 1. The third-order valence-corrected chi connectivity index (χ3v) is 5.04. The van der Waals surface area contributed by atoms with Crippen molar-refractivity contribution < 1.29 is 19.5 Å². The van der Waals surface area contributed by atoms with Crippen LogP contribution >= 0.6 is 11.8 Å². The molecule has 1 atom stereocenters. The molecule has 0 radical (unpaired) electrons. The molecule has 122 valence electrons. The van der Waals surface area contributed by atoms with E-state index in [-0.39, 0.29) is 30.3 Å². The Morgan fingerprint density at radius 1 is 1.08 bits per heavy atom. The van der Waals surface area contributed by atoms with Crippen LogP contribution in [-0.4, -0.2) is 33.0 Å². The summed E-state index contributed by atoms with van der Waals surface area (Å²) in [5.74, 6) is -1.54. The maximum absolute atomic E-state index is 12.5. The molecule has 1 unspecified atom stereocenters. The molecule has 0 saturated carbocycles. The second kappa shape index (κ2) is 6.88. The predicted molar refractivity (Wildman–Crippen MR) is 89.7 cm³/mol. The number of rotatable bonds is 5. The molecule has 1 fully saturated rings. The molecular weight excluding hydrogens is 326 g/mol. The third kappa shape index (κ3) is 3.33. The highest BCUT2D eigenvalue weighted by atomic mass is 32.2. The van der Waals surface area contributed by atoms with E-state index >= 15 is 0 Å². The summed E-state index contributed by atoms with van der Waals surface area (Å²) in [5, 5.41) is 8.65. The third-order valence-electron chi connectivity index (χ3n) is 3.77. The van der Waals surface area contributed by atoms with Crippen molar-refractivity contribution in [2.45, 2.75) is 23.1 Å². The number of hydrogen-bond acceptors (Lipinski definition) is 4. The monoisotopic (exact) mass is 341 g/mol. The normalized spacial score (nSPS) is 17.3. The van der Waals surface area contributed by atoms with Gasteiger partial charge in [0.1, 0.15) is 0 Å². The average Bonchev–Trinajstić information content (AvgIpc) is 2.84. The first-order chi connectivity index (χ1) is 11.6. The van der Waals surface area contributed by atoms with Crippen molar-refractivity contribution in [2.75, 3.05) is 0 Å². The number of imide groups is 1. The highest BCUT2D eigenvalue weighted by Gasteiger charge is 2.39. The first-order valence-electron chi connectivity index (χ1n) is 7.43. The smallest absolute Gasteiger partial charge is 0.336 e. The zero-order chi connectivity index (χ0) is 17.1. The van der Waals surface area contributed by atoms with E-state index in [0.29, 0.717) is 4.90 Å². The first kappa shape index (κ1) is 16.3. The maximum Gasteiger partial charge on any atom is 0.336 e. The highest BCUT2D eigenvalue weighted by Crippen LogP contribution is 2.34. The number of carbonyl (C=O) groups excluding carboxylic acids is 2. The van der Waals surface area contributed by atoms with E-state index in [0.717, 1.165) is 17.3 Å². The molecule has 0 aliphatic carbocycles. The Kier molecular flexibility index (Phi) is 4.66. The lowest BCUT2D eigenvalue weighted by Gasteiger charge is -2.15. The second-order valence-electron chi connectivity index (χ2n) is 5.42. The highest BCUT2D eigenvalue weighted by molar-refractivity contribution is 8.00. The van der Waals surface area contributed by atoms with Gasteiger partial charge in [0.2, 0.25) is 11.8 Å². The number of aromatic carboxylic acids is 1. The van der Waals surface area contributed by atoms with Gasteiger partial charge in [0.25, 0.3) is 0 Å². The molecule has 2 aromatic rings. The van der Waals surface area contributed by atoms with E-state index in [2.05, 4.69) is 0 Å². The fourth-order valence-electron chi connectivity index (χ4n) is 2.58. The summed E-state index contributed by atoms with van der Waals surface area (Å²) in [7, 11) is 0. The minimum absolute atomic E-state index is 0.0876. The van der Waals surface area contributed by atoms with Gasteiger partial charge >= 0.3 is 5.97 Å². The summed E-state index contributed by atoms with van der Waals surface area (Å²) in [5.41, 5.74) is 1.03. The molecule has 1 N–H and O–H groups in total. The van der Waals surface area contributed by atoms with Crippen LogP contribution in [0.25, 0.3) is 0 Å². The predicted octanol–water partition coefficient (Wildman–Crippen LogP) is 2.80. The fourth-order valence-corrected chi connectivity index (χ4v) is 3.78. The number of carboxylic acids is 1. The standard InChI is InChI=1S/C18H15NO4S/c20-16-10-15(24-14-9-5-4-8-13(14)18(22)23)17(21)19(16)11-12-6-2-1-3-7-12/h1-9,15H,10-11H2,(H,22,23). The van der Waals surface area contributed by atoms with Crippen molar-refractivity contribution in [3.05, 3.63) is 65.7 Å². The van der Waals surface area contributed by atoms with Crippen molar-refractivity contribution in [3.63, 3.8) is 0 Å². The Hall–Kier alpha value is -2.60. The van der Waals surface area contributed by atoms with Crippen molar-refractivity contribution in [2.24, 2.45) is 0 Å². The quantitative estimate of drug-likeness (QED) is 0.847. The van der Waals surface area contributed by atoms with E-state index in [1.165, 1.54) is 11.0 Å². The molecule has 0 bridgehead atoms. The molecule has 2 aromatic carbocycles. The number of thioether (sulfide) groups is 1. The zero-order valence-corrected chi connectivity index (χ0v) is 13.5. The molecule has 0 aromatic heterocycles. The number of carboxylic acid groups (broad SMARTS) is 1. The van der Waals surface area contributed by atoms with Gasteiger partial charge in [0.05, 0.1) is 17.4 Å². The molecule has 3 rings (SSSR count). The fraction of sp³-hybridized carbons (Fsp3) is 0.167. The van der Waals surface area contributed by atoms with Crippen LogP contribution in [0, 0.1) is 0 Å². The lowest BCUT2D eigenvalue weighted by Crippen LogP contribution is -2.30.